The van der Waals surface area contributed by atoms with Gasteiger partial charge in [0.2, 0.25) is 5.91 Å². The zero-order valence-corrected chi connectivity index (χ0v) is 14.4. The maximum atomic E-state index is 12.5. The van der Waals surface area contributed by atoms with Gasteiger partial charge >= 0.3 is 0 Å². The van der Waals surface area contributed by atoms with Crippen molar-refractivity contribution in [1.29, 1.82) is 0 Å². The topological polar surface area (TPSA) is 91.1 Å². The number of aromatic amines is 1. The quantitative estimate of drug-likeness (QED) is 0.560. The molecule has 1 aromatic carbocycles. The highest BCUT2D eigenvalue weighted by Gasteiger charge is 2.25. The Morgan fingerprint density at radius 2 is 1.79 bits per heavy atom. The average Bonchev–Trinajstić information content (AvgIpc) is 2.89. The number of Topliss-reactive ketones (excluding diaryl/α,β-unsaturated/α-hetero) is 1. The fourth-order valence-corrected chi connectivity index (χ4v) is 2.48. The van der Waals surface area contributed by atoms with Gasteiger partial charge in [0.25, 0.3) is 11.7 Å². The minimum absolute atomic E-state index is 0.0171. The number of carbonyl (C=O) groups is 3. The second-order valence-corrected chi connectivity index (χ2v) is 6.01. The SMILES string of the molecule is CC[C@H](C)NC(=O)[C@@H](C)NC(=O)C(=O)c1c(C)[nH]c2ccccc12. The number of carbonyl (C=O) groups excluding carboxylic acids is 3. The van der Waals surface area contributed by atoms with Crippen molar-refractivity contribution in [1.82, 2.24) is 15.6 Å². The number of para-hydroxylation sites is 1. The van der Waals surface area contributed by atoms with Crippen LogP contribution in [-0.4, -0.2) is 34.7 Å². The van der Waals surface area contributed by atoms with Crippen LogP contribution in [0.2, 0.25) is 0 Å². The number of benzene rings is 1. The third kappa shape index (κ3) is 3.64. The molecule has 2 aromatic rings. The molecule has 2 rings (SSSR count). The highest BCUT2D eigenvalue weighted by Crippen LogP contribution is 2.22. The molecule has 0 aliphatic rings. The largest absolute Gasteiger partial charge is 0.358 e. The van der Waals surface area contributed by atoms with Gasteiger partial charge in [-0.1, -0.05) is 25.1 Å². The molecule has 2 atom stereocenters. The van der Waals surface area contributed by atoms with E-state index in [2.05, 4.69) is 15.6 Å². The van der Waals surface area contributed by atoms with Gasteiger partial charge in [-0.25, -0.2) is 0 Å². The summed E-state index contributed by atoms with van der Waals surface area (Å²) >= 11 is 0. The Hall–Kier alpha value is -2.63. The molecule has 6 heteroatoms. The number of hydrogen-bond acceptors (Lipinski definition) is 3. The maximum absolute atomic E-state index is 12.5. The first-order valence-corrected chi connectivity index (χ1v) is 8.08. The number of ketones is 1. The van der Waals surface area contributed by atoms with Gasteiger partial charge in [-0.2, -0.15) is 0 Å². The van der Waals surface area contributed by atoms with Crippen LogP contribution in [0.5, 0.6) is 0 Å². The van der Waals surface area contributed by atoms with E-state index in [9.17, 15) is 14.4 Å². The van der Waals surface area contributed by atoms with Crippen LogP contribution in [0.15, 0.2) is 24.3 Å². The van der Waals surface area contributed by atoms with Crippen LogP contribution in [-0.2, 0) is 9.59 Å². The maximum Gasteiger partial charge on any atom is 0.293 e. The minimum atomic E-state index is -0.783. The molecule has 1 heterocycles. The van der Waals surface area contributed by atoms with Crippen LogP contribution < -0.4 is 10.6 Å². The predicted octanol–water partition coefficient (Wildman–Crippen LogP) is 2.08. The Morgan fingerprint density at radius 3 is 2.46 bits per heavy atom. The highest BCUT2D eigenvalue weighted by atomic mass is 16.2. The van der Waals surface area contributed by atoms with E-state index in [1.165, 1.54) is 0 Å². The van der Waals surface area contributed by atoms with E-state index >= 15 is 0 Å². The smallest absolute Gasteiger partial charge is 0.293 e. The van der Waals surface area contributed by atoms with Gasteiger partial charge in [0, 0.05) is 22.6 Å². The third-order valence-electron chi connectivity index (χ3n) is 4.07. The molecule has 0 aliphatic carbocycles. The van der Waals surface area contributed by atoms with Crippen LogP contribution >= 0.6 is 0 Å². The minimum Gasteiger partial charge on any atom is -0.358 e. The first kappa shape index (κ1) is 17.7. The Bertz CT molecular complexity index is 779. The van der Waals surface area contributed by atoms with E-state index in [4.69, 9.17) is 0 Å². The van der Waals surface area contributed by atoms with Crippen LogP contribution in [0.4, 0.5) is 0 Å². The molecule has 24 heavy (non-hydrogen) atoms. The molecule has 3 N–H and O–H groups in total. The van der Waals surface area contributed by atoms with Gasteiger partial charge in [-0.3, -0.25) is 14.4 Å². The second-order valence-electron chi connectivity index (χ2n) is 6.01. The molecule has 0 fully saturated rings. The van der Waals surface area contributed by atoms with Crippen molar-refractivity contribution in [2.45, 2.75) is 46.2 Å². The summed E-state index contributed by atoms with van der Waals surface area (Å²) in [7, 11) is 0. The molecule has 0 spiro atoms. The van der Waals surface area contributed by atoms with Crippen molar-refractivity contribution in [3.63, 3.8) is 0 Å². The fraction of sp³-hybridized carbons (Fsp3) is 0.389. The van der Waals surface area contributed by atoms with Crippen molar-refractivity contribution in [2.24, 2.45) is 0 Å². The van der Waals surface area contributed by atoms with Crippen molar-refractivity contribution in [3.05, 3.63) is 35.5 Å². The number of aryl methyl sites for hydroxylation is 1. The summed E-state index contributed by atoms with van der Waals surface area (Å²) < 4.78 is 0. The normalized spacial score (nSPS) is 13.3. The summed E-state index contributed by atoms with van der Waals surface area (Å²) in [5.74, 6) is -1.73. The number of aromatic nitrogens is 1. The molecular formula is C18H23N3O3. The molecule has 0 saturated carbocycles. The summed E-state index contributed by atoms with van der Waals surface area (Å²) in [5.41, 5.74) is 1.78. The summed E-state index contributed by atoms with van der Waals surface area (Å²) in [4.78, 5) is 39.9. The number of hydrogen-bond donors (Lipinski definition) is 3. The van der Waals surface area contributed by atoms with Crippen molar-refractivity contribution >= 4 is 28.5 Å². The van der Waals surface area contributed by atoms with E-state index in [-0.39, 0.29) is 11.9 Å². The lowest BCUT2D eigenvalue weighted by atomic mass is 10.1. The Morgan fingerprint density at radius 1 is 1.12 bits per heavy atom. The Labute approximate surface area is 141 Å². The molecule has 128 valence electrons. The molecule has 0 unspecified atom stereocenters. The van der Waals surface area contributed by atoms with Crippen molar-refractivity contribution in [2.75, 3.05) is 0 Å². The fourth-order valence-electron chi connectivity index (χ4n) is 2.48. The zero-order valence-electron chi connectivity index (χ0n) is 14.4. The van der Waals surface area contributed by atoms with Gasteiger partial charge in [-0.15, -0.1) is 0 Å². The first-order valence-electron chi connectivity index (χ1n) is 8.08. The van der Waals surface area contributed by atoms with Gasteiger partial charge in [-0.05, 0) is 33.3 Å². The van der Waals surface area contributed by atoms with Crippen LogP contribution in [0.25, 0.3) is 10.9 Å². The molecule has 1 aromatic heterocycles. The van der Waals surface area contributed by atoms with E-state index in [1.54, 1.807) is 19.9 Å². The van der Waals surface area contributed by atoms with Crippen molar-refractivity contribution < 1.29 is 14.4 Å². The zero-order chi connectivity index (χ0) is 17.9. The number of fused-ring (bicyclic) bond motifs is 1. The lowest BCUT2D eigenvalue weighted by molar-refractivity contribution is -0.127. The molecule has 0 aliphatic heterocycles. The summed E-state index contributed by atoms with van der Waals surface area (Å²) in [6, 6.07) is 6.54. The number of amides is 2. The number of H-pyrrole nitrogens is 1. The van der Waals surface area contributed by atoms with Gasteiger partial charge in [0.05, 0.1) is 5.56 Å². The molecule has 2 amide bonds. The Balaban J connectivity index is 2.13. The van der Waals surface area contributed by atoms with Crippen LogP contribution in [0, 0.1) is 6.92 Å². The predicted molar refractivity (Wildman–Crippen MR) is 92.9 cm³/mol. The first-order chi connectivity index (χ1) is 11.3. The number of nitrogens with one attached hydrogen (secondary N) is 3. The van der Waals surface area contributed by atoms with E-state index in [0.29, 0.717) is 16.6 Å². The standard InChI is InChI=1S/C18H23N3O3/c1-5-10(2)19-17(23)12(4)21-18(24)16(22)15-11(3)20-14-9-7-6-8-13(14)15/h6-10,12,20H,5H2,1-4H3,(H,19,23)(H,21,24)/t10-,12+/m0/s1. The lowest BCUT2D eigenvalue weighted by Gasteiger charge is -2.17. The average molecular weight is 329 g/mol. The molecule has 0 radical (unpaired) electrons. The summed E-state index contributed by atoms with van der Waals surface area (Å²) in [6.45, 7) is 7.15. The summed E-state index contributed by atoms with van der Waals surface area (Å²) in [5, 5.41) is 5.95. The van der Waals surface area contributed by atoms with E-state index in [1.807, 2.05) is 32.0 Å². The molecule has 0 bridgehead atoms. The van der Waals surface area contributed by atoms with Crippen LogP contribution in [0.1, 0.15) is 43.2 Å². The second kappa shape index (κ2) is 7.29. The highest BCUT2D eigenvalue weighted by molar-refractivity contribution is 6.45. The molecule has 0 saturated heterocycles. The van der Waals surface area contributed by atoms with Gasteiger partial charge < -0.3 is 15.6 Å². The third-order valence-corrected chi connectivity index (χ3v) is 4.07. The molecular weight excluding hydrogens is 306 g/mol. The van der Waals surface area contributed by atoms with Gasteiger partial charge in [0.15, 0.2) is 0 Å². The number of rotatable bonds is 6. The monoisotopic (exact) mass is 329 g/mol. The lowest BCUT2D eigenvalue weighted by Crippen LogP contribution is -2.49. The van der Waals surface area contributed by atoms with E-state index in [0.717, 1.165) is 11.9 Å². The van der Waals surface area contributed by atoms with Crippen LogP contribution in [0.3, 0.4) is 0 Å². The molecule has 6 nitrogen and oxygen atoms in total. The van der Waals surface area contributed by atoms with Crippen molar-refractivity contribution in [3.8, 4) is 0 Å². The van der Waals surface area contributed by atoms with E-state index < -0.39 is 17.7 Å². The summed E-state index contributed by atoms with van der Waals surface area (Å²) in [6.07, 6.45) is 0.792. The van der Waals surface area contributed by atoms with Gasteiger partial charge in [0.1, 0.15) is 6.04 Å². The Kier molecular flexibility index (Phi) is 5.39.